The molecule has 0 unspecified atom stereocenters. The lowest BCUT2D eigenvalue weighted by molar-refractivity contribution is -0.144. The molecule has 0 aliphatic carbocycles. The zero-order valence-electron chi connectivity index (χ0n) is 26.3. The predicted molar refractivity (Wildman–Crippen MR) is 171 cm³/mol. The van der Waals surface area contributed by atoms with E-state index in [0.29, 0.717) is 23.4 Å². The number of ether oxygens (including phenoxy) is 3. The van der Waals surface area contributed by atoms with Crippen LogP contribution in [0.15, 0.2) is 48.8 Å². The average Bonchev–Trinajstić information content (AvgIpc) is 3.08. The summed E-state index contributed by atoms with van der Waals surface area (Å²) in [4.78, 5) is 31.7. The van der Waals surface area contributed by atoms with E-state index in [1.54, 1.807) is 18.2 Å². The first-order valence-electron chi connectivity index (χ1n) is 15.9. The molecule has 1 aromatic heterocycles. The van der Waals surface area contributed by atoms with Gasteiger partial charge in [-0.2, -0.15) is 10.2 Å². The lowest BCUT2D eigenvalue weighted by atomic mass is 10.0. The van der Waals surface area contributed by atoms with E-state index in [2.05, 4.69) is 48.3 Å². The number of benzene rings is 2. The SMILES string of the molecule is COCC[C@@H](O)C(=O)N1CC[C@H](Oc2ccc(-c3ncnc(Nc4ccc(N5CCN(C6COC6)CC5)cc4)n3)cc2C#N)[C@H](F)C1. The summed E-state index contributed by atoms with van der Waals surface area (Å²) in [6.07, 6.45) is -1.82. The quantitative estimate of drug-likeness (QED) is 0.315. The molecule has 3 aliphatic rings. The van der Waals surface area contributed by atoms with Crippen molar-refractivity contribution in [2.24, 2.45) is 0 Å². The minimum Gasteiger partial charge on any atom is -0.486 e. The fourth-order valence-corrected chi connectivity index (χ4v) is 5.96. The number of piperidine rings is 1. The number of aliphatic hydroxyl groups excluding tert-OH is 1. The Labute approximate surface area is 272 Å². The number of halogens is 1. The van der Waals surface area contributed by atoms with Crippen LogP contribution in [0.3, 0.4) is 0 Å². The molecule has 0 saturated carbocycles. The summed E-state index contributed by atoms with van der Waals surface area (Å²) in [5, 5.41) is 23.1. The molecular formula is C33H39FN8O5. The number of carbonyl (C=O) groups excluding carboxylic acids is 1. The van der Waals surface area contributed by atoms with Gasteiger partial charge < -0.3 is 34.4 Å². The van der Waals surface area contributed by atoms with Crippen molar-refractivity contribution in [1.29, 1.82) is 5.26 Å². The third-order valence-electron chi connectivity index (χ3n) is 8.82. The number of rotatable bonds is 11. The van der Waals surface area contributed by atoms with Gasteiger partial charge in [-0.25, -0.2) is 14.4 Å². The normalized spacial score (nSPS) is 21.1. The number of likely N-dealkylation sites (tertiary alicyclic amines) is 1. The van der Waals surface area contributed by atoms with Crippen LogP contribution >= 0.6 is 0 Å². The first-order valence-corrected chi connectivity index (χ1v) is 15.9. The molecule has 3 saturated heterocycles. The summed E-state index contributed by atoms with van der Waals surface area (Å²) in [5.74, 6) is 0.415. The van der Waals surface area contributed by atoms with E-state index < -0.39 is 24.3 Å². The number of hydrogen-bond donors (Lipinski definition) is 2. The number of piperazine rings is 1. The number of nitrogens with zero attached hydrogens (tertiary/aromatic N) is 7. The summed E-state index contributed by atoms with van der Waals surface area (Å²) in [6.45, 7) is 5.94. The number of aromatic nitrogens is 3. The maximum atomic E-state index is 15.1. The van der Waals surface area contributed by atoms with Crippen molar-refractivity contribution in [2.45, 2.75) is 37.3 Å². The van der Waals surface area contributed by atoms with Crippen LogP contribution in [0, 0.1) is 11.3 Å². The standard InChI is InChI=1S/C33H39FN8O5/c1-45-15-9-28(43)32(44)42-10-8-30(27(34)18-42)47-29-7-2-22(16-23(29)17-35)31-36-21-37-33(39-31)38-24-3-5-25(6-4-24)40-11-13-41(14-12-40)26-19-46-20-26/h2-7,16,21,26-28,30,43H,8-15,18-20H2,1H3,(H,36,37,38,39)/t27-,28-,30+/m1/s1. The molecule has 0 spiro atoms. The summed E-state index contributed by atoms with van der Waals surface area (Å²) in [7, 11) is 1.48. The van der Waals surface area contributed by atoms with Gasteiger partial charge in [0.1, 0.15) is 30.4 Å². The molecule has 0 radical (unpaired) electrons. The maximum absolute atomic E-state index is 15.1. The fourth-order valence-electron chi connectivity index (χ4n) is 5.96. The van der Waals surface area contributed by atoms with Gasteiger partial charge in [0.15, 0.2) is 12.0 Å². The number of methoxy groups -OCH3 is 1. The lowest BCUT2D eigenvalue weighted by Crippen LogP contribution is -2.56. The number of nitriles is 1. The van der Waals surface area contributed by atoms with Crippen molar-refractivity contribution in [3.63, 3.8) is 0 Å². The molecule has 47 heavy (non-hydrogen) atoms. The molecule has 3 aliphatic heterocycles. The summed E-state index contributed by atoms with van der Waals surface area (Å²) in [5.41, 5.74) is 2.77. The maximum Gasteiger partial charge on any atom is 0.251 e. The van der Waals surface area contributed by atoms with E-state index >= 15 is 4.39 Å². The molecular weight excluding hydrogens is 607 g/mol. The molecule has 3 fully saturated rings. The second kappa shape index (κ2) is 15.0. The molecule has 14 heteroatoms. The van der Waals surface area contributed by atoms with Crippen molar-refractivity contribution < 1.29 is 28.5 Å². The molecule has 13 nitrogen and oxygen atoms in total. The summed E-state index contributed by atoms with van der Waals surface area (Å²) < 4.78 is 31.2. The second-order valence-electron chi connectivity index (χ2n) is 11.9. The minimum atomic E-state index is -1.49. The van der Waals surface area contributed by atoms with E-state index in [1.165, 1.54) is 18.3 Å². The number of anilines is 3. The summed E-state index contributed by atoms with van der Waals surface area (Å²) in [6, 6.07) is 15.7. The van der Waals surface area contributed by atoms with Gasteiger partial charge in [0, 0.05) is 76.2 Å². The highest BCUT2D eigenvalue weighted by atomic mass is 19.1. The smallest absolute Gasteiger partial charge is 0.251 e. The van der Waals surface area contributed by atoms with E-state index in [1.807, 2.05) is 12.1 Å². The first kappa shape index (κ1) is 32.5. The van der Waals surface area contributed by atoms with Crippen molar-refractivity contribution >= 4 is 23.2 Å². The fraction of sp³-hybridized carbons (Fsp3) is 0.485. The predicted octanol–water partition coefficient (Wildman–Crippen LogP) is 2.39. The van der Waals surface area contributed by atoms with Crippen LogP contribution in [0.4, 0.5) is 21.7 Å². The third-order valence-corrected chi connectivity index (χ3v) is 8.82. The molecule has 2 aromatic carbocycles. The van der Waals surface area contributed by atoms with Crippen LogP contribution in [-0.2, 0) is 14.3 Å². The second-order valence-corrected chi connectivity index (χ2v) is 11.9. The van der Waals surface area contributed by atoms with Gasteiger partial charge in [-0.3, -0.25) is 9.69 Å². The molecule has 248 valence electrons. The highest BCUT2D eigenvalue weighted by Crippen LogP contribution is 2.29. The van der Waals surface area contributed by atoms with Crippen molar-refractivity contribution in [2.75, 3.05) is 76.4 Å². The largest absolute Gasteiger partial charge is 0.486 e. The zero-order chi connectivity index (χ0) is 32.8. The zero-order valence-corrected chi connectivity index (χ0v) is 26.3. The number of carbonyl (C=O) groups is 1. The molecule has 3 atom stereocenters. The van der Waals surface area contributed by atoms with E-state index in [0.717, 1.165) is 50.8 Å². The van der Waals surface area contributed by atoms with E-state index in [4.69, 9.17) is 14.2 Å². The van der Waals surface area contributed by atoms with E-state index in [9.17, 15) is 15.2 Å². The van der Waals surface area contributed by atoms with E-state index in [-0.39, 0.29) is 43.9 Å². The molecule has 1 amide bonds. The Morgan fingerprint density at radius 3 is 2.62 bits per heavy atom. The monoisotopic (exact) mass is 646 g/mol. The van der Waals surface area contributed by atoms with Gasteiger partial charge in [0.05, 0.1) is 31.4 Å². The van der Waals surface area contributed by atoms with Crippen LogP contribution in [0.5, 0.6) is 5.75 Å². The Morgan fingerprint density at radius 1 is 1.15 bits per heavy atom. The average molecular weight is 647 g/mol. The lowest BCUT2D eigenvalue weighted by Gasteiger charge is -2.43. The van der Waals surface area contributed by atoms with Gasteiger partial charge in [-0.15, -0.1) is 0 Å². The van der Waals surface area contributed by atoms with Gasteiger partial charge in [-0.05, 0) is 42.5 Å². The Balaban J connectivity index is 1.05. The Kier molecular flexibility index (Phi) is 10.4. The van der Waals surface area contributed by atoms with Crippen LogP contribution in [0.1, 0.15) is 18.4 Å². The van der Waals surface area contributed by atoms with Gasteiger partial charge in [0.2, 0.25) is 5.95 Å². The highest BCUT2D eigenvalue weighted by Gasteiger charge is 2.35. The topological polar surface area (TPSA) is 149 Å². The Morgan fingerprint density at radius 2 is 1.94 bits per heavy atom. The van der Waals surface area contributed by atoms with Crippen molar-refractivity contribution in [3.8, 4) is 23.2 Å². The van der Waals surface area contributed by atoms with Gasteiger partial charge in [-0.1, -0.05) is 0 Å². The number of nitrogens with one attached hydrogen (secondary N) is 1. The Bertz CT molecular complexity index is 1560. The number of hydrogen-bond acceptors (Lipinski definition) is 12. The van der Waals surface area contributed by atoms with Gasteiger partial charge >= 0.3 is 0 Å². The third kappa shape index (κ3) is 7.77. The van der Waals surface area contributed by atoms with Crippen LogP contribution in [-0.4, -0.2) is 126 Å². The van der Waals surface area contributed by atoms with Crippen LogP contribution < -0.4 is 15.0 Å². The Hall–Kier alpha value is -4.42. The highest BCUT2D eigenvalue weighted by molar-refractivity contribution is 5.80. The van der Waals surface area contributed by atoms with Crippen molar-refractivity contribution in [1.82, 2.24) is 24.8 Å². The molecule has 2 N–H and O–H groups in total. The molecule has 6 rings (SSSR count). The first-order chi connectivity index (χ1) is 22.9. The number of amides is 1. The minimum absolute atomic E-state index is 0.141. The molecule has 4 heterocycles. The molecule has 0 bridgehead atoms. The molecule has 3 aromatic rings. The summed E-state index contributed by atoms with van der Waals surface area (Å²) >= 11 is 0. The van der Waals surface area contributed by atoms with Gasteiger partial charge in [0.25, 0.3) is 5.91 Å². The van der Waals surface area contributed by atoms with Crippen molar-refractivity contribution in [3.05, 3.63) is 54.4 Å². The van der Waals surface area contributed by atoms with Crippen LogP contribution in [0.25, 0.3) is 11.4 Å². The number of alkyl halides is 1. The number of aliphatic hydroxyl groups is 1. The van der Waals surface area contributed by atoms with Crippen LogP contribution in [0.2, 0.25) is 0 Å².